The molecule has 2 aromatic heterocycles. The topological polar surface area (TPSA) is 71.3 Å². The van der Waals surface area contributed by atoms with Crippen LogP contribution in [0.25, 0.3) is 0 Å². The molecule has 1 N–H and O–H groups in total. The number of nitrogens with zero attached hydrogens (tertiary/aromatic N) is 4. The molecule has 0 aliphatic carbocycles. The molecule has 0 radical (unpaired) electrons. The summed E-state index contributed by atoms with van der Waals surface area (Å²) in [7, 11) is 0. The zero-order valence-corrected chi connectivity index (χ0v) is 8.78. The molecule has 5 heteroatoms. The molecule has 0 spiro atoms. The first-order chi connectivity index (χ1) is 8.38. The summed E-state index contributed by atoms with van der Waals surface area (Å²) in [4.78, 5) is 3.95. The molecular weight excluding hydrogens is 216 g/mol. The first-order valence-electron chi connectivity index (χ1n) is 4.82. The summed E-state index contributed by atoms with van der Waals surface area (Å²) < 4.78 is 0. The van der Waals surface area contributed by atoms with Gasteiger partial charge in [-0.15, -0.1) is 10.2 Å². The van der Waals surface area contributed by atoms with Crippen LogP contribution in [-0.4, -0.2) is 26.6 Å². The van der Waals surface area contributed by atoms with E-state index in [0.717, 1.165) is 5.56 Å². The average molecular weight is 224 g/mol. The van der Waals surface area contributed by atoms with Gasteiger partial charge >= 0.3 is 0 Å². The van der Waals surface area contributed by atoms with Gasteiger partial charge in [0.1, 0.15) is 11.4 Å². The highest BCUT2D eigenvalue weighted by atomic mass is 16.4. The summed E-state index contributed by atoms with van der Waals surface area (Å²) in [5, 5.41) is 18.8. The van der Waals surface area contributed by atoms with E-state index in [2.05, 4.69) is 32.2 Å². The van der Waals surface area contributed by atoms with E-state index in [1.165, 1.54) is 6.21 Å². The molecule has 5 nitrogen and oxygen atoms in total. The summed E-state index contributed by atoms with van der Waals surface area (Å²) >= 11 is 0. The molecule has 0 amide bonds. The standard InChI is InChI=1S/C12H8N4O/c17-14-9-12-6-5-11(15-16-12)4-3-10-2-1-7-13-8-10/h1-2,5-9,17H/b14-9-. The first kappa shape index (κ1) is 10.8. The highest BCUT2D eigenvalue weighted by Crippen LogP contribution is 1.95. The maximum absolute atomic E-state index is 8.31. The van der Waals surface area contributed by atoms with Gasteiger partial charge in [0.25, 0.3) is 0 Å². The maximum atomic E-state index is 8.31. The van der Waals surface area contributed by atoms with Crippen LogP contribution in [0.5, 0.6) is 0 Å². The minimum atomic E-state index is 0.472. The van der Waals surface area contributed by atoms with Crippen LogP contribution in [0.4, 0.5) is 0 Å². The van der Waals surface area contributed by atoms with Crippen molar-refractivity contribution in [3.63, 3.8) is 0 Å². The molecule has 17 heavy (non-hydrogen) atoms. The van der Waals surface area contributed by atoms with E-state index in [1.54, 1.807) is 24.5 Å². The Hall–Kier alpha value is -2.74. The molecule has 0 aromatic carbocycles. The van der Waals surface area contributed by atoms with E-state index in [0.29, 0.717) is 11.4 Å². The van der Waals surface area contributed by atoms with Crippen LogP contribution >= 0.6 is 0 Å². The van der Waals surface area contributed by atoms with Crippen LogP contribution in [0, 0.1) is 11.8 Å². The minimum absolute atomic E-state index is 0.472. The second kappa shape index (κ2) is 5.37. The van der Waals surface area contributed by atoms with Gasteiger partial charge in [-0.3, -0.25) is 4.98 Å². The molecule has 2 rings (SSSR count). The Kier molecular flexibility index (Phi) is 3.40. The Morgan fingerprint density at radius 1 is 1.18 bits per heavy atom. The van der Waals surface area contributed by atoms with Gasteiger partial charge in [0, 0.05) is 18.0 Å². The smallest absolute Gasteiger partial charge is 0.136 e. The SMILES string of the molecule is O/N=C\c1ccc(C#Cc2cccnc2)nn1. The van der Waals surface area contributed by atoms with E-state index < -0.39 is 0 Å². The third-order valence-corrected chi connectivity index (χ3v) is 1.87. The fourth-order valence-electron chi connectivity index (χ4n) is 1.11. The Bertz CT molecular complexity index is 567. The van der Waals surface area contributed by atoms with Crippen molar-refractivity contribution in [2.45, 2.75) is 0 Å². The van der Waals surface area contributed by atoms with Crippen LogP contribution in [0.1, 0.15) is 17.0 Å². The minimum Gasteiger partial charge on any atom is -0.411 e. The Morgan fingerprint density at radius 2 is 2.12 bits per heavy atom. The molecule has 82 valence electrons. The summed E-state index contributed by atoms with van der Waals surface area (Å²) in [6.45, 7) is 0. The number of hydrogen-bond donors (Lipinski definition) is 1. The van der Waals surface area contributed by atoms with Crippen LogP contribution in [0.2, 0.25) is 0 Å². The summed E-state index contributed by atoms with van der Waals surface area (Å²) in [6, 6.07) is 7.05. The Balaban J connectivity index is 2.17. The van der Waals surface area contributed by atoms with Crippen LogP contribution in [0.3, 0.4) is 0 Å². The zero-order valence-electron chi connectivity index (χ0n) is 8.78. The summed E-state index contributed by atoms with van der Waals surface area (Å²) in [5.41, 5.74) is 1.83. The highest BCUT2D eigenvalue weighted by Gasteiger charge is 1.92. The molecule has 0 unspecified atom stereocenters. The van der Waals surface area contributed by atoms with Crippen LogP contribution in [0.15, 0.2) is 41.8 Å². The summed E-state index contributed by atoms with van der Waals surface area (Å²) in [6.07, 6.45) is 4.56. The lowest BCUT2D eigenvalue weighted by molar-refractivity contribution is 0.321. The monoisotopic (exact) mass is 224 g/mol. The van der Waals surface area contributed by atoms with Crippen molar-refractivity contribution >= 4 is 6.21 Å². The molecule has 0 fully saturated rings. The molecular formula is C12H8N4O. The van der Waals surface area contributed by atoms with Crippen molar-refractivity contribution < 1.29 is 5.21 Å². The van der Waals surface area contributed by atoms with Crippen LogP contribution in [-0.2, 0) is 0 Å². The lowest BCUT2D eigenvalue weighted by Crippen LogP contribution is -1.93. The molecule has 0 bridgehead atoms. The average Bonchev–Trinajstić information content (AvgIpc) is 2.40. The van der Waals surface area contributed by atoms with Crippen molar-refractivity contribution in [2.24, 2.45) is 5.16 Å². The van der Waals surface area contributed by atoms with E-state index >= 15 is 0 Å². The number of hydrogen-bond acceptors (Lipinski definition) is 5. The van der Waals surface area contributed by atoms with E-state index in [4.69, 9.17) is 5.21 Å². The third kappa shape index (κ3) is 3.11. The van der Waals surface area contributed by atoms with Crippen molar-refractivity contribution in [3.8, 4) is 11.8 Å². The lowest BCUT2D eigenvalue weighted by Gasteiger charge is -1.90. The van der Waals surface area contributed by atoms with Gasteiger partial charge < -0.3 is 5.21 Å². The predicted octanol–water partition coefficient (Wildman–Crippen LogP) is 1.08. The van der Waals surface area contributed by atoms with Crippen molar-refractivity contribution in [1.82, 2.24) is 15.2 Å². The van der Waals surface area contributed by atoms with Crippen molar-refractivity contribution in [2.75, 3.05) is 0 Å². The fourth-order valence-corrected chi connectivity index (χ4v) is 1.11. The molecule has 0 saturated heterocycles. The van der Waals surface area contributed by atoms with Crippen molar-refractivity contribution in [3.05, 3.63) is 53.6 Å². The number of aromatic nitrogens is 3. The van der Waals surface area contributed by atoms with E-state index in [9.17, 15) is 0 Å². The van der Waals surface area contributed by atoms with Gasteiger partial charge in [0.15, 0.2) is 0 Å². The molecule has 0 atom stereocenters. The number of rotatable bonds is 1. The molecule has 0 aliphatic heterocycles. The van der Waals surface area contributed by atoms with Gasteiger partial charge in [0.05, 0.1) is 6.21 Å². The zero-order chi connectivity index (χ0) is 11.9. The predicted molar refractivity (Wildman–Crippen MR) is 61.6 cm³/mol. The van der Waals surface area contributed by atoms with Crippen molar-refractivity contribution in [1.29, 1.82) is 0 Å². The van der Waals surface area contributed by atoms with E-state index in [1.807, 2.05) is 12.1 Å². The molecule has 2 aromatic rings. The van der Waals surface area contributed by atoms with Gasteiger partial charge in [-0.1, -0.05) is 11.1 Å². The molecule has 0 saturated carbocycles. The van der Waals surface area contributed by atoms with Gasteiger partial charge in [-0.2, -0.15) is 0 Å². The largest absolute Gasteiger partial charge is 0.411 e. The second-order valence-electron chi connectivity index (χ2n) is 3.08. The number of oxime groups is 1. The normalized spacial score (nSPS) is 9.88. The highest BCUT2D eigenvalue weighted by molar-refractivity contribution is 5.75. The maximum Gasteiger partial charge on any atom is 0.136 e. The molecule has 2 heterocycles. The lowest BCUT2D eigenvalue weighted by atomic mass is 10.2. The Morgan fingerprint density at radius 3 is 2.76 bits per heavy atom. The quantitative estimate of drug-likeness (QED) is 0.340. The third-order valence-electron chi connectivity index (χ3n) is 1.87. The van der Waals surface area contributed by atoms with Gasteiger partial charge in [0.2, 0.25) is 0 Å². The first-order valence-corrected chi connectivity index (χ1v) is 4.82. The second-order valence-corrected chi connectivity index (χ2v) is 3.08. The van der Waals surface area contributed by atoms with Crippen LogP contribution < -0.4 is 0 Å². The van der Waals surface area contributed by atoms with Gasteiger partial charge in [-0.05, 0) is 30.2 Å². The van der Waals surface area contributed by atoms with Gasteiger partial charge in [-0.25, -0.2) is 0 Å². The van der Waals surface area contributed by atoms with E-state index in [-0.39, 0.29) is 0 Å². The fraction of sp³-hybridized carbons (Fsp3) is 0. The molecule has 0 aliphatic rings. The summed E-state index contributed by atoms with van der Waals surface area (Å²) in [5.74, 6) is 5.77. The number of pyridine rings is 1. The Labute approximate surface area is 97.9 Å².